The van der Waals surface area contributed by atoms with Crippen molar-refractivity contribution in [2.24, 2.45) is 0 Å². The second-order valence-electron chi connectivity index (χ2n) is 6.10. The van der Waals surface area contributed by atoms with Gasteiger partial charge >= 0.3 is 0 Å². The van der Waals surface area contributed by atoms with Crippen LogP contribution in [0, 0.1) is 11.6 Å². The molecule has 1 atom stereocenters. The molecule has 1 amide bonds. The summed E-state index contributed by atoms with van der Waals surface area (Å²) in [5.74, 6) is -2.00. The monoisotopic (exact) mass is 466 g/mol. The number of aromatic nitrogens is 1. The molecule has 0 aliphatic heterocycles. The van der Waals surface area contributed by atoms with Gasteiger partial charge in [0.05, 0.1) is 21.2 Å². The molecule has 3 aromatic rings. The molecule has 0 saturated heterocycles. The van der Waals surface area contributed by atoms with Crippen LogP contribution in [0.4, 0.5) is 25.3 Å². The first-order valence-electron chi connectivity index (χ1n) is 8.26. The minimum absolute atomic E-state index is 0.194. The molecule has 9 heteroatoms. The van der Waals surface area contributed by atoms with Crippen molar-refractivity contribution in [2.45, 2.75) is 13.0 Å². The Hall–Kier alpha value is -2.52. The van der Waals surface area contributed by atoms with E-state index in [0.717, 1.165) is 17.1 Å². The first-order chi connectivity index (χ1) is 13.3. The van der Waals surface area contributed by atoms with Crippen molar-refractivity contribution in [3.63, 3.8) is 0 Å². The van der Waals surface area contributed by atoms with Crippen molar-refractivity contribution in [1.29, 1.82) is 0 Å². The molecule has 3 N–H and O–H groups in total. The smallest absolute Gasteiger partial charge is 0.257 e. The molecular formula is C19H17BrF2N4OS. The van der Waals surface area contributed by atoms with E-state index in [2.05, 4.69) is 26.2 Å². The van der Waals surface area contributed by atoms with E-state index >= 15 is 0 Å². The van der Waals surface area contributed by atoms with Crippen LogP contribution in [0.2, 0.25) is 0 Å². The van der Waals surface area contributed by atoms with Crippen molar-refractivity contribution in [2.75, 3.05) is 17.7 Å². The third-order valence-corrected chi connectivity index (χ3v) is 5.80. The number of anilines is 3. The highest BCUT2D eigenvalue weighted by molar-refractivity contribution is 9.10. The molecule has 1 aromatic carbocycles. The molecule has 2 heterocycles. The molecule has 5 nitrogen and oxygen atoms in total. The Bertz CT molecular complexity index is 1010. The fourth-order valence-electron chi connectivity index (χ4n) is 2.67. The molecule has 0 aliphatic rings. The summed E-state index contributed by atoms with van der Waals surface area (Å²) < 4.78 is 27.2. The second kappa shape index (κ2) is 8.24. The Morgan fingerprint density at radius 1 is 1.32 bits per heavy atom. The Labute approximate surface area is 173 Å². The molecule has 0 radical (unpaired) electrons. The standard InChI is InChI=1S/C19H17BrF2N4OS/c1-10(11-5-6-13(21)14(22)8-11)25-19(27)16-17(23)12(20)9-24-18(16)26(2)15-4-3-7-28-15/h3-10H,1-2H3,(H2,23,24)(H,25,27)/t10-/m0/s1. The van der Waals surface area contributed by atoms with Gasteiger partial charge in [-0.05, 0) is 58.1 Å². The minimum atomic E-state index is -0.972. The summed E-state index contributed by atoms with van der Waals surface area (Å²) in [7, 11) is 1.79. The number of nitrogens with two attached hydrogens (primary N) is 1. The molecule has 0 aliphatic carbocycles. The van der Waals surface area contributed by atoms with Crippen LogP contribution in [-0.4, -0.2) is 17.9 Å². The third kappa shape index (κ3) is 4.00. The maximum atomic E-state index is 13.5. The van der Waals surface area contributed by atoms with Crippen LogP contribution in [-0.2, 0) is 0 Å². The van der Waals surface area contributed by atoms with Crippen LogP contribution in [0.3, 0.4) is 0 Å². The number of halogens is 3. The molecule has 0 unspecified atom stereocenters. The van der Waals surface area contributed by atoms with Crippen molar-refractivity contribution in [3.05, 3.63) is 69.1 Å². The third-order valence-electron chi connectivity index (χ3n) is 4.22. The zero-order valence-corrected chi connectivity index (χ0v) is 17.4. The van der Waals surface area contributed by atoms with Gasteiger partial charge in [0.25, 0.3) is 5.91 Å². The van der Waals surface area contributed by atoms with Crippen LogP contribution in [0.5, 0.6) is 0 Å². The molecule has 3 rings (SSSR count). The zero-order chi connectivity index (χ0) is 20.4. The van der Waals surface area contributed by atoms with Gasteiger partial charge in [-0.15, -0.1) is 11.3 Å². The summed E-state index contributed by atoms with van der Waals surface area (Å²) in [6.07, 6.45) is 1.53. The van der Waals surface area contributed by atoms with Gasteiger partial charge in [0.1, 0.15) is 11.4 Å². The van der Waals surface area contributed by atoms with Crippen LogP contribution in [0.25, 0.3) is 0 Å². The van der Waals surface area contributed by atoms with Gasteiger partial charge in [-0.3, -0.25) is 4.79 Å². The lowest BCUT2D eigenvalue weighted by Gasteiger charge is -2.22. The van der Waals surface area contributed by atoms with E-state index in [1.807, 2.05) is 17.5 Å². The average molecular weight is 467 g/mol. The normalized spacial score (nSPS) is 11.9. The maximum Gasteiger partial charge on any atom is 0.257 e. The lowest BCUT2D eigenvalue weighted by molar-refractivity contribution is 0.0941. The van der Waals surface area contributed by atoms with E-state index in [1.54, 1.807) is 18.9 Å². The molecule has 146 valence electrons. The Morgan fingerprint density at radius 3 is 2.71 bits per heavy atom. The van der Waals surface area contributed by atoms with E-state index in [0.29, 0.717) is 15.9 Å². The van der Waals surface area contributed by atoms with Crippen LogP contribution < -0.4 is 16.0 Å². The van der Waals surface area contributed by atoms with Gasteiger partial charge in [0.2, 0.25) is 0 Å². The fraction of sp³-hybridized carbons (Fsp3) is 0.158. The number of hydrogen-bond donors (Lipinski definition) is 2. The lowest BCUT2D eigenvalue weighted by atomic mass is 10.1. The number of amides is 1. The van der Waals surface area contributed by atoms with E-state index in [4.69, 9.17) is 5.73 Å². The van der Waals surface area contributed by atoms with E-state index in [9.17, 15) is 13.6 Å². The zero-order valence-electron chi connectivity index (χ0n) is 15.0. The van der Waals surface area contributed by atoms with Crippen molar-refractivity contribution in [3.8, 4) is 0 Å². The topological polar surface area (TPSA) is 71.2 Å². The van der Waals surface area contributed by atoms with Gasteiger partial charge in [0.15, 0.2) is 11.6 Å². The molecule has 0 fully saturated rings. The maximum absolute atomic E-state index is 13.5. The minimum Gasteiger partial charge on any atom is -0.397 e. The lowest BCUT2D eigenvalue weighted by Crippen LogP contribution is -2.29. The second-order valence-corrected chi connectivity index (χ2v) is 7.88. The van der Waals surface area contributed by atoms with Gasteiger partial charge in [-0.25, -0.2) is 13.8 Å². The summed E-state index contributed by atoms with van der Waals surface area (Å²) in [4.78, 5) is 19.1. The van der Waals surface area contributed by atoms with E-state index in [-0.39, 0.29) is 11.3 Å². The van der Waals surface area contributed by atoms with Gasteiger partial charge in [0, 0.05) is 13.2 Å². The van der Waals surface area contributed by atoms with Crippen molar-refractivity contribution < 1.29 is 13.6 Å². The van der Waals surface area contributed by atoms with Crippen molar-refractivity contribution >= 4 is 49.7 Å². The number of nitrogens with one attached hydrogen (secondary N) is 1. The first kappa shape index (κ1) is 20.2. The highest BCUT2D eigenvalue weighted by atomic mass is 79.9. The Kier molecular flexibility index (Phi) is 5.95. The summed E-state index contributed by atoms with van der Waals surface area (Å²) in [5.41, 5.74) is 7.02. The summed E-state index contributed by atoms with van der Waals surface area (Å²) >= 11 is 4.79. The predicted octanol–water partition coefficient (Wildman–Crippen LogP) is 5.02. The van der Waals surface area contributed by atoms with Gasteiger partial charge < -0.3 is 16.0 Å². The number of thiophene rings is 1. The highest BCUT2D eigenvalue weighted by Gasteiger charge is 2.24. The molecule has 0 spiro atoms. The SMILES string of the molecule is C[C@H](NC(=O)c1c(N(C)c2cccs2)ncc(Br)c1N)c1ccc(F)c(F)c1. The van der Waals surface area contributed by atoms with E-state index in [1.165, 1.54) is 23.6 Å². The average Bonchev–Trinajstić information content (AvgIpc) is 3.20. The summed E-state index contributed by atoms with van der Waals surface area (Å²) in [5, 5.41) is 5.58. The predicted molar refractivity (Wildman–Crippen MR) is 111 cm³/mol. The summed E-state index contributed by atoms with van der Waals surface area (Å²) in [6, 6.07) is 6.73. The quantitative estimate of drug-likeness (QED) is 0.553. The number of hydrogen-bond acceptors (Lipinski definition) is 5. The molecule has 2 aromatic heterocycles. The number of pyridine rings is 1. The molecular weight excluding hydrogens is 450 g/mol. The molecule has 28 heavy (non-hydrogen) atoms. The summed E-state index contributed by atoms with van der Waals surface area (Å²) in [6.45, 7) is 1.68. The number of nitrogens with zero attached hydrogens (tertiary/aromatic N) is 2. The Balaban J connectivity index is 1.94. The number of carbonyl (C=O) groups is 1. The van der Waals surface area contributed by atoms with Crippen LogP contribution in [0.15, 0.2) is 46.4 Å². The van der Waals surface area contributed by atoms with Gasteiger partial charge in [-0.1, -0.05) is 6.07 Å². The van der Waals surface area contributed by atoms with Crippen molar-refractivity contribution in [1.82, 2.24) is 10.3 Å². The fourth-order valence-corrected chi connectivity index (χ4v) is 3.67. The van der Waals surface area contributed by atoms with Crippen LogP contribution >= 0.6 is 27.3 Å². The number of nitrogen functional groups attached to an aromatic ring is 1. The van der Waals surface area contributed by atoms with E-state index < -0.39 is 23.6 Å². The number of benzene rings is 1. The Morgan fingerprint density at radius 2 is 2.07 bits per heavy atom. The van der Waals surface area contributed by atoms with Gasteiger partial charge in [-0.2, -0.15) is 0 Å². The van der Waals surface area contributed by atoms with Crippen LogP contribution in [0.1, 0.15) is 28.9 Å². The first-order valence-corrected chi connectivity index (χ1v) is 9.94. The molecule has 0 bridgehead atoms. The highest BCUT2D eigenvalue weighted by Crippen LogP contribution is 2.34. The molecule has 0 saturated carbocycles. The largest absolute Gasteiger partial charge is 0.397 e. The number of carbonyl (C=O) groups excluding carboxylic acids is 1. The number of rotatable bonds is 5.